The van der Waals surface area contributed by atoms with Crippen LogP contribution in [0.25, 0.3) is 22.2 Å². The number of piperazine rings is 1. The van der Waals surface area contributed by atoms with Crippen molar-refractivity contribution >= 4 is 20.9 Å². The highest BCUT2D eigenvalue weighted by atomic mass is 32.2. The molecule has 1 aromatic heterocycles. The molecular formula is C22H25N3O3S. The average Bonchev–Trinajstić information content (AvgIpc) is 3.19. The van der Waals surface area contributed by atoms with Crippen LogP contribution >= 0.6 is 0 Å². The van der Waals surface area contributed by atoms with Gasteiger partial charge in [0.2, 0.25) is 0 Å². The van der Waals surface area contributed by atoms with E-state index in [0.717, 1.165) is 54.1 Å². The number of aromatic nitrogens is 1. The van der Waals surface area contributed by atoms with Crippen LogP contribution in [0.2, 0.25) is 0 Å². The van der Waals surface area contributed by atoms with Crippen molar-refractivity contribution in [1.29, 1.82) is 0 Å². The van der Waals surface area contributed by atoms with Crippen molar-refractivity contribution in [3.63, 3.8) is 0 Å². The summed E-state index contributed by atoms with van der Waals surface area (Å²) in [6.45, 7) is 6.13. The Labute approximate surface area is 171 Å². The Bertz CT molecular complexity index is 1210. The number of ether oxygens (including phenoxy) is 1. The molecule has 0 aliphatic carbocycles. The Morgan fingerprint density at radius 1 is 1.03 bits per heavy atom. The molecule has 0 radical (unpaired) electrons. The van der Waals surface area contributed by atoms with Crippen molar-refractivity contribution in [3.8, 4) is 17.0 Å². The predicted molar refractivity (Wildman–Crippen MR) is 114 cm³/mol. The number of likely N-dealkylation sites (N-methyl/N-ethyl adjacent to an activating group) is 1. The molecule has 29 heavy (non-hydrogen) atoms. The van der Waals surface area contributed by atoms with Gasteiger partial charge in [-0.05, 0) is 38.2 Å². The molecule has 5 rings (SSSR count). The summed E-state index contributed by atoms with van der Waals surface area (Å²) in [4.78, 5) is 5.16. The summed E-state index contributed by atoms with van der Waals surface area (Å²) < 4.78 is 33.8. The van der Waals surface area contributed by atoms with Gasteiger partial charge < -0.3 is 9.64 Å². The van der Waals surface area contributed by atoms with Gasteiger partial charge in [0.1, 0.15) is 5.75 Å². The average molecular weight is 412 g/mol. The Morgan fingerprint density at radius 2 is 1.76 bits per heavy atom. The van der Waals surface area contributed by atoms with Crippen LogP contribution < -0.4 is 4.74 Å². The summed E-state index contributed by atoms with van der Waals surface area (Å²) in [6, 6.07) is 13.1. The van der Waals surface area contributed by atoms with Gasteiger partial charge in [0.25, 0.3) is 10.0 Å². The van der Waals surface area contributed by atoms with E-state index in [4.69, 9.17) is 4.74 Å². The van der Waals surface area contributed by atoms with Crippen LogP contribution in [0, 0.1) is 0 Å². The van der Waals surface area contributed by atoms with Crippen molar-refractivity contribution in [2.75, 3.05) is 40.3 Å². The second kappa shape index (κ2) is 6.58. The van der Waals surface area contributed by atoms with Gasteiger partial charge in [0.15, 0.2) is 0 Å². The molecule has 2 aromatic carbocycles. The van der Waals surface area contributed by atoms with E-state index in [1.165, 1.54) is 3.97 Å². The van der Waals surface area contributed by atoms with E-state index in [9.17, 15) is 8.42 Å². The summed E-state index contributed by atoms with van der Waals surface area (Å²) in [7, 11) is 0.165. The van der Waals surface area contributed by atoms with Crippen LogP contribution in [0.5, 0.6) is 5.75 Å². The molecule has 0 amide bonds. The first-order valence-corrected chi connectivity index (χ1v) is 11.4. The molecule has 0 bridgehead atoms. The molecule has 1 unspecified atom stereocenters. The molecule has 6 nitrogen and oxygen atoms in total. The first-order chi connectivity index (χ1) is 13.9. The van der Waals surface area contributed by atoms with E-state index in [0.29, 0.717) is 10.4 Å². The predicted octanol–water partition coefficient (Wildman–Crippen LogP) is 3.18. The maximum Gasteiger partial charge on any atom is 0.269 e. The van der Waals surface area contributed by atoms with Crippen molar-refractivity contribution in [2.45, 2.75) is 17.9 Å². The zero-order valence-corrected chi connectivity index (χ0v) is 17.7. The highest BCUT2D eigenvalue weighted by Gasteiger charge is 2.39. The normalized spacial score (nSPS) is 19.8. The molecule has 2 aliphatic heterocycles. The van der Waals surface area contributed by atoms with Crippen LogP contribution in [-0.2, 0) is 10.0 Å². The van der Waals surface area contributed by atoms with Crippen LogP contribution in [-0.4, -0.2) is 62.5 Å². The molecule has 152 valence electrons. The Kier molecular flexibility index (Phi) is 4.24. The quantitative estimate of drug-likeness (QED) is 0.518. The first-order valence-electron chi connectivity index (χ1n) is 9.93. The SMILES string of the molecule is COc1ccc2c(c1)c(C(C)N1CCN(C)CC1)c1n2S(=O)(=O)c2ccccc2-1. The minimum absolute atomic E-state index is 0.0934. The molecule has 0 N–H and O–H groups in total. The van der Waals surface area contributed by atoms with Gasteiger partial charge in [-0.3, -0.25) is 4.90 Å². The van der Waals surface area contributed by atoms with E-state index >= 15 is 0 Å². The molecule has 0 spiro atoms. The summed E-state index contributed by atoms with van der Waals surface area (Å²) in [5.41, 5.74) is 3.37. The van der Waals surface area contributed by atoms with E-state index in [1.807, 2.05) is 30.3 Å². The molecule has 1 saturated heterocycles. The number of rotatable bonds is 3. The molecule has 0 saturated carbocycles. The fraction of sp³-hybridized carbons (Fsp3) is 0.364. The molecule has 3 aromatic rings. The van der Waals surface area contributed by atoms with Crippen molar-refractivity contribution in [3.05, 3.63) is 48.0 Å². The van der Waals surface area contributed by atoms with Crippen LogP contribution in [0.1, 0.15) is 18.5 Å². The van der Waals surface area contributed by atoms with Gasteiger partial charge in [-0.2, -0.15) is 0 Å². The largest absolute Gasteiger partial charge is 0.497 e. The second-order valence-corrected chi connectivity index (χ2v) is 9.68. The van der Waals surface area contributed by atoms with Gasteiger partial charge in [-0.25, -0.2) is 12.4 Å². The zero-order valence-electron chi connectivity index (χ0n) is 16.9. The highest BCUT2D eigenvalue weighted by molar-refractivity contribution is 7.90. The monoisotopic (exact) mass is 411 g/mol. The Morgan fingerprint density at radius 3 is 2.48 bits per heavy atom. The van der Waals surface area contributed by atoms with Gasteiger partial charge in [-0.15, -0.1) is 0 Å². The van der Waals surface area contributed by atoms with Crippen LogP contribution in [0.15, 0.2) is 47.4 Å². The fourth-order valence-corrected chi connectivity index (χ4v) is 6.44. The third-order valence-electron chi connectivity index (χ3n) is 6.33. The molecule has 1 atom stereocenters. The lowest BCUT2D eigenvalue weighted by Gasteiger charge is -2.36. The third kappa shape index (κ3) is 2.64. The Balaban J connectivity index is 1.80. The molecule has 7 heteroatoms. The lowest BCUT2D eigenvalue weighted by molar-refractivity contribution is 0.120. The van der Waals surface area contributed by atoms with Gasteiger partial charge in [-0.1, -0.05) is 18.2 Å². The number of benzene rings is 2. The summed E-state index contributed by atoms with van der Waals surface area (Å²) in [6.07, 6.45) is 0. The minimum atomic E-state index is -3.61. The van der Waals surface area contributed by atoms with E-state index in [2.05, 4.69) is 23.8 Å². The lowest BCUT2D eigenvalue weighted by atomic mass is 9.98. The Hall–Kier alpha value is -2.35. The van der Waals surface area contributed by atoms with E-state index < -0.39 is 10.0 Å². The molecule has 2 aliphatic rings. The number of hydrogen-bond donors (Lipinski definition) is 0. The lowest BCUT2D eigenvalue weighted by Crippen LogP contribution is -2.45. The maximum absolute atomic E-state index is 13.4. The van der Waals surface area contributed by atoms with Crippen LogP contribution in [0.4, 0.5) is 0 Å². The summed E-state index contributed by atoms with van der Waals surface area (Å²) >= 11 is 0. The van der Waals surface area contributed by atoms with E-state index in [-0.39, 0.29) is 6.04 Å². The van der Waals surface area contributed by atoms with E-state index in [1.54, 1.807) is 19.2 Å². The molecule has 3 heterocycles. The second-order valence-electron chi connectivity index (χ2n) is 7.93. The van der Waals surface area contributed by atoms with Crippen molar-refractivity contribution in [2.24, 2.45) is 0 Å². The standard InChI is InChI=1S/C22H25N3O3S/c1-15(24-12-10-23(2)11-13-24)21-18-14-16(28-3)8-9-19(18)25-22(21)17-6-4-5-7-20(17)29(25,26)27/h4-9,14-15H,10-13H2,1-3H3. The van der Waals surface area contributed by atoms with Crippen LogP contribution in [0.3, 0.4) is 0 Å². The zero-order chi connectivity index (χ0) is 20.3. The maximum atomic E-state index is 13.4. The number of fused-ring (bicyclic) bond motifs is 5. The smallest absolute Gasteiger partial charge is 0.269 e. The number of nitrogens with zero attached hydrogens (tertiary/aromatic N) is 3. The summed E-state index contributed by atoms with van der Waals surface area (Å²) in [5.74, 6) is 0.735. The molecule has 1 fully saturated rings. The van der Waals surface area contributed by atoms with Crippen molar-refractivity contribution in [1.82, 2.24) is 13.8 Å². The number of methoxy groups -OCH3 is 1. The summed E-state index contributed by atoms with van der Waals surface area (Å²) in [5, 5.41) is 0.948. The first kappa shape index (κ1) is 18.7. The highest BCUT2D eigenvalue weighted by Crippen LogP contribution is 2.48. The molecular weight excluding hydrogens is 386 g/mol. The minimum Gasteiger partial charge on any atom is -0.497 e. The third-order valence-corrected chi connectivity index (χ3v) is 8.11. The topological polar surface area (TPSA) is 54.8 Å². The van der Waals surface area contributed by atoms with Gasteiger partial charge in [0.05, 0.1) is 23.2 Å². The fourth-order valence-electron chi connectivity index (χ4n) is 4.70. The van der Waals surface area contributed by atoms with Gasteiger partial charge in [0, 0.05) is 48.7 Å². The van der Waals surface area contributed by atoms with Gasteiger partial charge >= 0.3 is 0 Å². The van der Waals surface area contributed by atoms with Crippen molar-refractivity contribution < 1.29 is 13.2 Å². The number of hydrogen-bond acceptors (Lipinski definition) is 5.